The summed E-state index contributed by atoms with van der Waals surface area (Å²) in [7, 11) is 0. The van der Waals surface area contributed by atoms with Gasteiger partial charge in [-0.1, -0.05) is 29.8 Å². The van der Waals surface area contributed by atoms with Gasteiger partial charge in [-0.25, -0.2) is 0 Å². The van der Waals surface area contributed by atoms with E-state index in [0.29, 0.717) is 6.54 Å². The molecule has 2 aromatic carbocycles. The van der Waals surface area contributed by atoms with Crippen LogP contribution in [0.1, 0.15) is 15.9 Å². The van der Waals surface area contributed by atoms with Crippen LogP contribution in [0.15, 0.2) is 42.5 Å². The van der Waals surface area contributed by atoms with Crippen molar-refractivity contribution in [2.24, 2.45) is 0 Å². The zero-order valence-electron chi connectivity index (χ0n) is 13.2. The van der Waals surface area contributed by atoms with Crippen LogP contribution >= 0.6 is 11.6 Å². The quantitative estimate of drug-likeness (QED) is 0.646. The molecule has 0 saturated heterocycles. The molecule has 1 unspecified atom stereocenters. The van der Waals surface area contributed by atoms with E-state index in [2.05, 4.69) is 5.32 Å². The van der Waals surface area contributed by atoms with Crippen molar-refractivity contribution in [2.45, 2.75) is 12.6 Å². The van der Waals surface area contributed by atoms with E-state index in [9.17, 15) is 20.0 Å². The molecular weight excluding hydrogens is 346 g/mol. The maximum Gasteiger partial charge on any atom is 0.270 e. The highest BCUT2D eigenvalue weighted by atomic mass is 35.5. The smallest absolute Gasteiger partial charge is 0.270 e. The zero-order chi connectivity index (χ0) is 18.0. The molecule has 8 heteroatoms. The van der Waals surface area contributed by atoms with Crippen molar-refractivity contribution in [3.05, 3.63) is 68.7 Å². The second kappa shape index (κ2) is 7.18. The first-order valence-corrected chi connectivity index (χ1v) is 8.07. The van der Waals surface area contributed by atoms with Gasteiger partial charge in [0.15, 0.2) is 0 Å². The third kappa shape index (κ3) is 3.48. The highest BCUT2D eigenvalue weighted by Crippen LogP contribution is 2.29. The van der Waals surface area contributed by atoms with Crippen molar-refractivity contribution >= 4 is 28.9 Å². The first-order valence-electron chi connectivity index (χ1n) is 7.69. The Morgan fingerprint density at radius 1 is 1.36 bits per heavy atom. The lowest BCUT2D eigenvalue weighted by molar-refractivity contribution is -0.384. The first-order chi connectivity index (χ1) is 12.0. The number of para-hydroxylation sites is 1. The summed E-state index contributed by atoms with van der Waals surface area (Å²) in [6, 6.07) is 10.9. The highest BCUT2D eigenvalue weighted by Gasteiger charge is 2.28. The molecule has 0 radical (unpaired) electrons. The van der Waals surface area contributed by atoms with Crippen LogP contribution in [0.2, 0.25) is 5.02 Å². The Labute approximate surface area is 149 Å². The Morgan fingerprint density at radius 3 is 2.80 bits per heavy atom. The molecule has 1 atom stereocenters. The van der Waals surface area contributed by atoms with E-state index in [-0.39, 0.29) is 41.4 Å². The van der Waals surface area contributed by atoms with Crippen LogP contribution in [-0.2, 0) is 6.54 Å². The summed E-state index contributed by atoms with van der Waals surface area (Å²) in [5.41, 5.74) is 1.66. The topological polar surface area (TPSA) is 95.7 Å². The van der Waals surface area contributed by atoms with Crippen LogP contribution in [0.4, 0.5) is 11.4 Å². The Balaban J connectivity index is 2.01. The van der Waals surface area contributed by atoms with Gasteiger partial charge >= 0.3 is 0 Å². The van der Waals surface area contributed by atoms with Crippen LogP contribution in [-0.4, -0.2) is 35.1 Å². The molecule has 3 rings (SSSR count). The number of benzene rings is 2. The van der Waals surface area contributed by atoms with E-state index in [1.165, 1.54) is 18.2 Å². The zero-order valence-corrected chi connectivity index (χ0v) is 13.9. The maximum atomic E-state index is 13.0. The minimum atomic E-state index is -0.562. The fourth-order valence-corrected chi connectivity index (χ4v) is 3.07. The van der Waals surface area contributed by atoms with Crippen LogP contribution in [0, 0.1) is 10.1 Å². The monoisotopic (exact) mass is 361 g/mol. The average molecular weight is 362 g/mol. The minimum Gasteiger partial charge on any atom is -0.395 e. The number of aliphatic hydroxyl groups excluding tert-OH is 1. The first kappa shape index (κ1) is 17.3. The molecule has 130 valence electrons. The number of hydrogen-bond acceptors (Lipinski definition) is 5. The molecule has 1 amide bonds. The van der Waals surface area contributed by atoms with Gasteiger partial charge in [0.2, 0.25) is 0 Å². The van der Waals surface area contributed by atoms with E-state index in [1.807, 2.05) is 24.3 Å². The highest BCUT2D eigenvalue weighted by molar-refractivity contribution is 6.34. The number of hydrogen-bond donors (Lipinski definition) is 2. The predicted molar refractivity (Wildman–Crippen MR) is 93.9 cm³/mol. The summed E-state index contributed by atoms with van der Waals surface area (Å²) < 4.78 is 0. The normalized spacial score (nSPS) is 16.9. The Hall–Kier alpha value is -2.48. The van der Waals surface area contributed by atoms with Gasteiger partial charge < -0.3 is 15.3 Å². The molecule has 2 aromatic rings. The number of rotatable bonds is 3. The second-order valence-corrected chi connectivity index (χ2v) is 6.13. The van der Waals surface area contributed by atoms with E-state index in [0.717, 1.165) is 11.3 Å². The molecule has 1 aliphatic rings. The number of nitro benzene ring substituents is 1. The number of nitrogens with zero attached hydrogens (tertiary/aromatic N) is 2. The number of nitrogens with one attached hydrogen (secondary N) is 1. The average Bonchev–Trinajstić information content (AvgIpc) is 2.80. The molecule has 0 fully saturated rings. The number of non-ortho nitro benzene ring substituents is 1. The lowest BCUT2D eigenvalue weighted by Gasteiger charge is -2.25. The summed E-state index contributed by atoms with van der Waals surface area (Å²) in [5.74, 6) is -0.366. The second-order valence-electron chi connectivity index (χ2n) is 5.73. The van der Waals surface area contributed by atoms with Gasteiger partial charge in [-0.15, -0.1) is 0 Å². The molecule has 25 heavy (non-hydrogen) atoms. The van der Waals surface area contributed by atoms with Crippen molar-refractivity contribution in [1.82, 2.24) is 5.32 Å². The van der Waals surface area contributed by atoms with Gasteiger partial charge in [0.25, 0.3) is 11.6 Å². The molecule has 0 aliphatic carbocycles. The summed E-state index contributed by atoms with van der Waals surface area (Å²) in [6.45, 7) is 0.671. The van der Waals surface area contributed by atoms with Crippen molar-refractivity contribution in [2.75, 3.05) is 18.1 Å². The van der Waals surface area contributed by atoms with Gasteiger partial charge in [-0.05, 0) is 17.7 Å². The molecule has 1 heterocycles. The molecule has 0 spiro atoms. The Morgan fingerprint density at radius 2 is 2.12 bits per heavy atom. The summed E-state index contributed by atoms with van der Waals surface area (Å²) in [4.78, 5) is 24.9. The van der Waals surface area contributed by atoms with E-state index >= 15 is 0 Å². The Bertz CT molecular complexity index is 827. The van der Waals surface area contributed by atoms with Crippen LogP contribution in [0.3, 0.4) is 0 Å². The molecule has 7 nitrogen and oxygen atoms in total. The van der Waals surface area contributed by atoms with Gasteiger partial charge in [0.05, 0.1) is 22.1 Å². The minimum absolute atomic E-state index is 0.0226. The van der Waals surface area contributed by atoms with Gasteiger partial charge in [0, 0.05) is 37.0 Å². The third-order valence-corrected chi connectivity index (χ3v) is 4.44. The van der Waals surface area contributed by atoms with Gasteiger partial charge in [-0.3, -0.25) is 14.9 Å². The number of aliphatic hydroxyl groups is 1. The number of fused-ring (bicyclic) bond motifs is 1. The largest absolute Gasteiger partial charge is 0.395 e. The number of carbonyl (C=O) groups excluding carboxylic acids is 1. The molecule has 0 saturated carbocycles. The van der Waals surface area contributed by atoms with Crippen LogP contribution in [0.5, 0.6) is 0 Å². The molecule has 0 bridgehead atoms. The summed E-state index contributed by atoms with van der Waals surface area (Å²) >= 11 is 6.11. The number of carbonyl (C=O) groups is 1. The number of nitro groups is 1. The number of amides is 1. The summed E-state index contributed by atoms with van der Waals surface area (Å²) in [5, 5.41) is 23.6. The summed E-state index contributed by atoms with van der Waals surface area (Å²) in [6.07, 6.45) is 0. The molecule has 0 aromatic heterocycles. The van der Waals surface area contributed by atoms with Crippen molar-refractivity contribution in [1.29, 1.82) is 0 Å². The van der Waals surface area contributed by atoms with Crippen LogP contribution < -0.4 is 10.2 Å². The lowest BCUT2D eigenvalue weighted by Crippen LogP contribution is -2.43. The number of halogens is 1. The Kier molecular flexibility index (Phi) is 4.98. The number of anilines is 1. The molecule has 1 aliphatic heterocycles. The van der Waals surface area contributed by atoms with E-state index in [1.54, 1.807) is 4.90 Å². The fourth-order valence-electron chi connectivity index (χ4n) is 2.81. The lowest BCUT2D eigenvalue weighted by atomic mass is 10.1. The van der Waals surface area contributed by atoms with Gasteiger partial charge in [0.1, 0.15) is 0 Å². The SMILES string of the molecule is O=C(c1ccc([N+](=O)[O-])cc1Cl)N1CC(CO)NCc2ccccc21. The van der Waals surface area contributed by atoms with Crippen molar-refractivity contribution in [3.63, 3.8) is 0 Å². The molecular formula is C17H16ClN3O4. The maximum absolute atomic E-state index is 13.0. The van der Waals surface area contributed by atoms with Crippen LogP contribution in [0.25, 0.3) is 0 Å². The third-order valence-electron chi connectivity index (χ3n) is 4.13. The van der Waals surface area contributed by atoms with E-state index < -0.39 is 4.92 Å². The van der Waals surface area contributed by atoms with E-state index in [4.69, 9.17) is 11.6 Å². The predicted octanol–water partition coefficient (Wildman–Crippen LogP) is 2.36. The molecule has 2 N–H and O–H groups in total. The van der Waals surface area contributed by atoms with Crippen molar-refractivity contribution in [3.8, 4) is 0 Å². The van der Waals surface area contributed by atoms with Crippen molar-refractivity contribution < 1.29 is 14.8 Å². The standard InChI is InChI=1S/C17H16ClN3O4/c18-15-7-13(21(24)25)5-6-14(15)17(23)20-9-12(10-22)19-8-11-3-1-2-4-16(11)20/h1-7,12,19,22H,8-10H2. The van der Waals surface area contributed by atoms with Gasteiger partial charge in [-0.2, -0.15) is 0 Å². The fraction of sp³-hybridized carbons (Fsp3) is 0.235.